The molecule has 2 aromatic rings. The van der Waals surface area contributed by atoms with Crippen LogP contribution in [0, 0.1) is 5.92 Å². The average molecular weight is 245 g/mol. The number of benzene rings is 1. The van der Waals surface area contributed by atoms with E-state index in [1.807, 2.05) is 0 Å². The molecule has 0 bridgehead atoms. The van der Waals surface area contributed by atoms with Gasteiger partial charge in [-0.15, -0.1) is 11.3 Å². The molecule has 0 saturated carbocycles. The van der Waals surface area contributed by atoms with Crippen LogP contribution in [0.25, 0.3) is 10.1 Å². The molecular formula is C14H15NOS. The Morgan fingerprint density at radius 2 is 2.18 bits per heavy atom. The zero-order chi connectivity index (χ0) is 11.8. The molecule has 1 atom stereocenters. The minimum atomic E-state index is 0.315. The number of ether oxygens (including phenoxy) is 1. The van der Waals surface area contributed by atoms with E-state index in [2.05, 4.69) is 49.2 Å². The fourth-order valence-electron chi connectivity index (χ4n) is 1.95. The van der Waals surface area contributed by atoms with Crippen molar-refractivity contribution in [3.05, 3.63) is 35.2 Å². The lowest BCUT2D eigenvalue weighted by atomic mass is 10.1. The van der Waals surface area contributed by atoms with Crippen molar-refractivity contribution >= 4 is 27.3 Å². The van der Waals surface area contributed by atoms with Crippen LogP contribution in [0.4, 0.5) is 0 Å². The van der Waals surface area contributed by atoms with E-state index in [4.69, 9.17) is 4.74 Å². The summed E-state index contributed by atoms with van der Waals surface area (Å²) >= 11 is 1.75. The summed E-state index contributed by atoms with van der Waals surface area (Å²) in [5.41, 5.74) is 0. The van der Waals surface area contributed by atoms with Crippen LogP contribution in [-0.4, -0.2) is 18.5 Å². The number of hydrogen-bond acceptors (Lipinski definition) is 3. The Hall–Kier alpha value is -1.35. The zero-order valence-electron chi connectivity index (χ0n) is 10.0. The topological polar surface area (TPSA) is 21.6 Å². The Bertz CT molecular complexity index is 537. The highest BCUT2D eigenvalue weighted by molar-refractivity contribution is 7.20. The van der Waals surface area contributed by atoms with Crippen molar-refractivity contribution < 1.29 is 4.74 Å². The van der Waals surface area contributed by atoms with Gasteiger partial charge in [0.1, 0.15) is 6.61 Å². The second-order valence-electron chi connectivity index (χ2n) is 4.71. The first-order valence-electron chi connectivity index (χ1n) is 5.93. The maximum absolute atomic E-state index is 5.70. The molecule has 2 heterocycles. The third-order valence-corrected chi connectivity index (χ3v) is 4.18. The summed E-state index contributed by atoms with van der Waals surface area (Å²) in [5.74, 6) is 1.37. The van der Waals surface area contributed by atoms with E-state index < -0.39 is 0 Å². The quantitative estimate of drug-likeness (QED) is 0.790. The van der Waals surface area contributed by atoms with Crippen LogP contribution >= 0.6 is 11.3 Å². The summed E-state index contributed by atoms with van der Waals surface area (Å²) in [5, 5.41) is 1.27. The van der Waals surface area contributed by atoms with Crippen molar-refractivity contribution in [3.8, 4) is 0 Å². The van der Waals surface area contributed by atoms with Crippen molar-refractivity contribution in [2.24, 2.45) is 10.9 Å². The third-order valence-electron chi connectivity index (χ3n) is 3.08. The highest BCUT2D eigenvalue weighted by Gasteiger charge is 2.23. The Labute approximate surface area is 105 Å². The normalized spacial score (nSPS) is 19.7. The van der Waals surface area contributed by atoms with Crippen LogP contribution in [0.3, 0.4) is 0 Å². The molecule has 1 unspecified atom stereocenters. The van der Waals surface area contributed by atoms with E-state index in [0.29, 0.717) is 12.0 Å². The van der Waals surface area contributed by atoms with Crippen molar-refractivity contribution in [2.45, 2.75) is 19.9 Å². The summed E-state index contributed by atoms with van der Waals surface area (Å²) < 4.78 is 7.00. The predicted octanol–water partition coefficient (Wildman–Crippen LogP) is 3.70. The molecule has 1 aromatic carbocycles. The molecule has 0 saturated heterocycles. The van der Waals surface area contributed by atoms with Gasteiger partial charge in [-0.05, 0) is 23.4 Å². The van der Waals surface area contributed by atoms with Gasteiger partial charge in [0.05, 0.1) is 10.9 Å². The molecule has 0 radical (unpaired) electrons. The zero-order valence-corrected chi connectivity index (χ0v) is 10.8. The van der Waals surface area contributed by atoms with E-state index in [0.717, 1.165) is 17.4 Å². The fourth-order valence-corrected chi connectivity index (χ4v) is 2.97. The van der Waals surface area contributed by atoms with Gasteiger partial charge in [0.2, 0.25) is 5.90 Å². The maximum atomic E-state index is 5.70. The van der Waals surface area contributed by atoms with Gasteiger partial charge in [-0.25, -0.2) is 4.99 Å². The van der Waals surface area contributed by atoms with E-state index in [9.17, 15) is 0 Å². The molecule has 0 spiro atoms. The lowest BCUT2D eigenvalue weighted by molar-refractivity contribution is 0.292. The maximum Gasteiger partial charge on any atom is 0.226 e. The minimum absolute atomic E-state index is 0.315. The van der Waals surface area contributed by atoms with Crippen LogP contribution < -0.4 is 0 Å². The van der Waals surface area contributed by atoms with Crippen LogP contribution in [0.5, 0.6) is 0 Å². The molecule has 17 heavy (non-hydrogen) atoms. The van der Waals surface area contributed by atoms with Crippen molar-refractivity contribution in [1.29, 1.82) is 0 Å². The molecule has 3 rings (SSSR count). The van der Waals surface area contributed by atoms with Crippen LogP contribution in [0.15, 0.2) is 35.3 Å². The summed E-state index contributed by atoms with van der Waals surface area (Å²) in [4.78, 5) is 5.81. The second-order valence-corrected chi connectivity index (χ2v) is 5.79. The molecule has 0 N–H and O–H groups in total. The monoisotopic (exact) mass is 245 g/mol. The standard InChI is InChI=1S/C14H15NOS/c1-9(2)11-8-16-14(15-11)13-7-10-5-3-4-6-12(10)17-13/h3-7,9,11H,8H2,1-2H3. The average Bonchev–Trinajstić information content (AvgIpc) is 2.95. The van der Waals surface area contributed by atoms with Gasteiger partial charge < -0.3 is 4.74 Å². The highest BCUT2D eigenvalue weighted by atomic mass is 32.1. The van der Waals surface area contributed by atoms with Crippen molar-refractivity contribution in [3.63, 3.8) is 0 Å². The second kappa shape index (κ2) is 4.15. The van der Waals surface area contributed by atoms with E-state index in [1.165, 1.54) is 10.1 Å². The Morgan fingerprint density at radius 1 is 1.35 bits per heavy atom. The van der Waals surface area contributed by atoms with Gasteiger partial charge in [0.25, 0.3) is 0 Å². The minimum Gasteiger partial charge on any atom is -0.475 e. The summed E-state index contributed by atoms with van der Waals surface area (Å²) in [7, 11) is 0. The van der Waals surface area contributed by atoms with E-state index in [1.54, 1.807) is 11.3 Å². The molecule has 2 nitrogen and oxygen atoms in total. The first-order chi connectivity index (χ1) is 8.24. The van der Waals surface area contributed by atoms with Gasteiger partial charge in [-0.2, -0.15) is 0 Å². The Balaban J connectivity index is 1.97. The molecule has 1 aliphatic rings. The third kappa shape index (κ3) is 1.95. The fraction of sp³-hybridized carbons (Fsp3) is 0.357. The summed E-state index contributed by atoms with van der Waals surface area (Å²) in [6.45, 7) is 5.10. The number of aliphatic imine (C=N–C) groups is 1. The van der Waals surface area contributed by atoms with Gasteiger partial charge in [0.15, 0.2) is 0 Å². The molecule has 0 amide bonds. The van der Waals surface area contributed by atoms with Crippen molar-refractivity contribution in [2.75, 3.05) is 6.61 Å². The molecule has 1 aromatic heterocycles. The lowest BCUT2D eigenvalue weighted by Gasteiger charge is -2.06. The highest BCUT2D eigenvalue weighted by Crippen LogP contribution is 2.28. The molecule has 0 fully saturated rings. The smallest absolute Gasteiger partial charge is 0.226 e. The van der Waals surface area contributed by atoms with Crippen LogP contribution in [-0.2, 0) is 4.74 Å². The predicted molar refractivity (Wildman–Crippen MR) is 72.9 cm³/mol. The molecular weight excluding hydrogens is 230 g/mol. The summed E-state index contributed by atoms with van der Waals surface area (Å²) in [6, 6.07) is 10.9. The molecule has 1 aliphatic heterocycles. The SMILES string of the molecule is CC(C)C1COC(c2cc3ccccc3s2)=N1. The first-order valence-corrected chi connectivity index (χ1v) is 6.75. The van der Waals surface area contributed by atoms with Gasteiger partial charge in [-0.1, -0.05) is 32.0 Å². The Kier molecular flexibility index (Phi) is 2.63. The summed E-state index contributed by atoms with van der Waals surface area (Å²) in [6.07, 6.45) is 0. The van der Waals surface area contributed by atoms with E-state index >= 15 is 0 Å². The number of hydrogen-bond donors (Lipinski definition) is 0. The number of rotatable bonds is 2. The van der Waals surface area contributed by atoms with Gasteiger partial charge in [-0.3, -0.25) is 0 Å². The van der Waals surface area contributed by atoms with Crippen LogP contribution in [0.2, 0.25) is 0 Å². The van der Waals surface area contributed by atoms with Gasteiger partial charge in [0, 0.05) is 4.70 Å². The first kappa shape index (κ1) is 10.8. The lowest BCUT2D eigenvalue weighted by Crippen LogP contribution is -2.13. The molecule has 3 heteroatoms. The number of fused-ring (bicyclic) bond motifs is 1. The van der Waals surface area contributed by atoms with E-state index in [-0.39, 0.29) is 0 Å². The molecule has 0 aliphatic carbocycles. The van der Waals surface area contributed by atoms with Gasteiger partial charge >= 0.3 is 0 Å². The number of nitrogens with zero attached hydrogens (tertiary/aromatic N) is 1. The Morgan fingerprint density at radius 3 is 2.88 bits per heavy atom. The number of thiophene rings is 1. The van der Waals surface area contributed by atoms with Crippen molar-refractivity contribution in [1.82, 2.24) is 0 Å². The largest absolute Gasteiger partial charge is 0.475 e. The molecule has 88 valence electrons. The van der Waals surface area contributed by atoms with Crippen LogP contribution in [0.1, 0.15) is 18.7 Å².